The smallest absolute Gasteiger partial charge is 0.238 e. The lowest BCUT2D eigenvalue weighted by atomic mass is 10.3. The molecular weight excluding hydrogens is 228 g/mol. The van der Waals surface area contributed by atoms with Gasteiger partial charge in [-0.25, -0.2) is 0 Å². The first-order valence-corrected chi connectivity index (χ1v) is 6.48. The fourth-order valence-electron chi connectivity index (χ4n) is 1.61. The number of amides is 1. The zero-order valence-corrected chi connectivity index (χ0v) is 10.5. The van der Waals surface area contributed by atoms with Gasteiger partial charge in [0.2, 0.25) is 5.91 Å². The van der Waals surface area contributed by atoms with Gasteiger partial charge in [0.05, 0.1) is 13.2 Å². The van der Waals surface area contributed by atoms with E-state index >= 15 is 0 Å². The third-order valence-corrected chi connectivity index (χ3v) is 2.82. The first kappa shape index (κ1) is 13.1. The highest BCUT2D eigenvalue weighted by molar-refractivity contribution is 5.92. The molecule has 0 spiro atoms. The Morgan fingerprint density at radius 2 is 2.06 bits per heavy atom. The monoisotopic (exact) mass is 248 g/mol. The first-order chi connectivity index (χ1) is 8.84. The number of para-hydroxylation sites is 1. The normalized spacial score (nSPS) is 14.4. The SMILES string of the molecule is O=C(CNCCOCC1CC1)Nc1ccccc1. The molecule has 0 aliphatic heterocycles. The predicted molar refractivity (Wildman–Crippen MR) is 71.5 cm³/mol. The number of rotatable bonds is 8. The van der Waals surface area contributed by atoms with E-state index in [2.05, 4.69) is 10.6 Å². The minimum atomic E-state index is -0.0246. The Morgan fingerprint density at radius 1 is 1.28 bits per heavy atom. The minimum Gasteiger partial charge on any atom is -0.380 e. The molecule has 0 atom stereocenters. The van der Waals surface area contributed by atoms with Gasteiger partial charge in [0, 0.05) is 18.8 Å². The number of carbonyl (C=O) groups is 1. The van der Waals surface area contributed by atoms with Gasteiger partial charge in [-0.15, -0.1) is 0 Å². The summed E-state index contributed by atoms with van der Waals surface area (Å²) in [6.07, 6.45) is 2.62. The summed E-state index contributed by atoms with van der Waals surface area (Å²) in [5.41, 5.74) is 0.828. The van der Waals surface area contributed by atoms with E-state index in [0.29, 0.717) is 13.2 Å². The average Bonchev–Trinajstić information content (AvgIpc) is 3.19. The third kappa shape index (κ3) is 5.29. The van der Waals surface area contributed by atoms with E-state index in [1.165, 1.54) is 12.8 Å². The summed E-state index contributed by atoms with van der Waals surface area (Å²) in [6, 6.07) is 9.46. The van der Waals surface area contributed by atoms with Crippen LogP contribution in [0.25, 0.3) is 0 Å². The van der Waals surface area contributed by atoms with Crippen LogP contribution in [0.3, 0.4) is 0 Å². The van der Waals surface area contributed by atoms with Crippen molar-refractivity contribution in [3.63, 3.8) is 0 Å². The van der Waals surface area contributed by atoms with Crippen molar-refractivity contribution in [3.8, 4) is 0 Å². The molecule has 1 aromatic rings. The summed E-state index contributed by atoms with van der Waals surface area (Å²) in [6.45, 7) is 2.59. The number of benzene rings is 1. The Hall–Kier alpha value is -1.39. The molecule has 1 aliphatic carbocycles. The van der Waals surface area contributed by atoms with Gasteiger partial charge < -0.3 is 15.4 Å². The molecule has 0 aromatic heterocycles. The summed E-state index contributed by atoms with van der Waals surface area (Å²) < 4.78 is 5.46. The molecule has 1 aliphatic rings. The Labute approximate surface area is 108 Å². The van der Waals surface area contributed by atoms with Crippen molar-refractivity contribution in [1.82, 2.24) is 5.32 Å². The maximum atomic E-state index is 11.5. The third-order valence-electron chi connectivity index (χ3n) is 2.82. The van der Waals surface area contributed by atoms with Crippen molar-refractivity contribution in [2.24, 2.45) is 5.92 Å². The highest BCUT2D eigenvalue weighted by Crippen LogP contribution is 2.28. The summed E-state index contributed by atoms with van der Waals surface area (Å²) in [4.78, 5) is 11.5. The maximum absolute atomic E-state index is 11.5. The highest BCUT2D eigenvalue weighted by Gasteiger charge is 2.20. The molecular formula is C14H20N2O2. The van der Waals surface area contributed by atoms with E-state index < -0.39 is 0 Å². The lowest BCUT2D eigenvalue weighted by Gasteiger charge is -2.07. The van der Waals surface area contributed by atoms with Crippen LogP contribution in [0.2, 0.25) is 0 Å². The second-order valence-corrected chi connectivity index (χ2v) is 4.61. The van der Waals surface area contributed by atoms with Gasteiger partial charge in [-0.2, -0.15) is 0 Å². The van der Waals surface area contributed by atoms with Gasteiger partial charge in [0.25, 0.3) is 0 Å². The van der Waals surface area contributed by atoms with E-state index in [-0.39, 0.29) is 5.91 Å². The molecule has 2 rings (SSSR count). The van der Waals surface area contributed by atoms with Crippen LogP contribution in [0.4, 0.5) is 5.69 Å². The van der Waals surface area contributed by atoms with E-state index in [4.69, 9.17) is 4.74 Å². The van der Waals surface area contributed by atoms with Crippen LogP contribution in [0.5, 0.6) is 0 Å². The van der Waals surface area contributed by atoms with Crippen LogP contribution in [-0.2, 0) is 9.53 Å². The van der Waals surface area contributed by atoms with Gasteiger partial charge in [0.15, 0.2) is 0 Å². The zero-order valence-electron chi connectivity index (χ0n) is 10.5. The molecule has 1 amide bonds. The minimum absolute atomic E-state index is 0.0246. The Bertz CT molecular complexity index is 363. The summed E-state index contributed by atoms with van der Waals surface area (Å²) in [7, 11) is 0. The van der Waals surface area contributed by atoms with Crippen LogP contribution in [-0.4, -0.2) is 32.2 Å². The standard InChI is InChI=1S/C14H20N2O2/c17-14(16-13-4-2-1-3-5-13)10-15-8-9-18-11-12-6-7-12/h1-5,12,15H,6-11H2,(H,16,17). The number of ether oxygens (including phenoxy) is 1. The van der Waals surface area contributed by atoms with E-state index in [1.54, 1.807) is 0 Å². The largest absolute Gasteiger partial charge is 0.380 e. The van der Waals surface area contributed by atoms with E-state index in [9.17, 15) is 4.79 Å². The summed E-state index contributed by atoms with van der Waals surface area (Å²) in [5, 5.41) is 5.88. The molecule has 0 unspecified atom stereocenters. The molecule has 0 heterocycles. The lowest BCUT2D eigenvalue weighted by Crippen LogP contribution is -2.30. The van der Waals surface area contributed by atoms with Crippen LogP contribution in [0.15, 0.2) is 30.3 Å². The summed E-state index contributed by atoms with van der Waals surface area (Å²) >= 11 is 0. The van der Waals surface area contributed by atoms with Gasteiger partial charge >= 0.3 is 0 Å². The van der Waals surface area contributed by atoms with Crippen LogP contribution < -0.4 is 10.6 Å². The number of hydrogen-bond acceptors (Lipinski definition) is 3. The molecule has 1 aromatic carbocycles. The lowest BCUT2D eigenvalue weighted by molar-refractivity contribution is -0.115. The molecule has 98 valence electrons. The van der Waals surface area contributed by atoms with Crippen LogP contribution in [0, 0.1) is 5.92 Å². The van der Waals surface area contributed by atoms with Crippen molar-refractivity contribution in [2.45, 2.75) is 12.8 Å². The van der Waals surface area contributed by atoms with Crippen molar-refractivity contribution in [2.75, 3.05) is 31.6 Å². The maximum Gasteiger partial charge on any atom is 0.238 e. The van der Waals surface area contributed by atoms with Gasteiger partial charge in [-0.05, 0) is 30.9 Å². The Balaban J connectivity index is 1.49. The topological polar surface area (TPSA) is 50.4 Å². The van der Waals surface area contributed by atoms with Gasteiger partial charge in [-0.1, -0.05) is 18.2 Å². The van der Waals surface area contributed by atoms with Crippen LogP contribution >= 0.6 is 0 Å². The number of hydrogen-bond donors (Lipinski definition) is 2. The number of nitrogens with one attached hydrogen (secondary N) is 2. The molecule has 4 heteroatoms. The summed E-state index contributed by atoms with van der Waals surface area (Å²) in [5.74, 6) is 0.773. The number of anilines is 1. The molecule has 0 saturated heterocycles. The van der Waals surface area contributed by atoms with E-state index in [1.807, 2.05) is 30.3 Å². The molecule has 2 N–H and O–H groups in total. The fourth-order valence-corrected chi connectivity index (χ4v) is 1.61. The fraction of sp³-hybridized carbons (Fsp3) is 0.500. The molecule has 0 radical (unpaired) electrons. The van der Waals surface area contributed by atoms with Crippen LogP contribution in [0.1, 0.15) is 12.8 Å². The Kier molecular flexibility index (Phi) is 5.17. The van der Waals surface area contributed by atoms with Crippen molar-refractivity contribution < 1.29 is 9.53 Å². The van der Waals surface area contributed by atoms with Crippen molar-refractivity contribution in [1.29, 1.82) is 0 Å². The molecule has 1 saturated carbocycles. The molecule has 0 bridgehead atoms. The highest BCUT2D eigenvalue weighted by atomic mass is 16.5. The van der Waals surface area contributed by atoms with Gasteiger partial charge in [0.1, 0.15) is 0 Å². The number of carbonyl (C=O) groups excluding carboxylic acids is 1. The van der Waals surface area contributed by atoms with E-state index in [0.717, 1.165) is 24.8 Å². The van der Waals surface area contributed by atoms with Gasteiger partial charge in [-0.3, -0.25) is 4.79 Å². The van der Waals surface area contributed by atoms with Crippen molar-refractivity contribution in [3.05, 3.63) is 30.3 Å². The molecule has 18 heavy (non-hydrogen) atoms. The zero-order chi connectivity index (χ0) is 12.6. The molecule has 1 fully saturated rings. The predicted octanol–water partition coefficient (Wildman–Crippen LogP) is 1.64. The molecule has 4 nitrogen and oxygen atoms in total. The quantitative estimate of drug-likeness (QED) is 0.688. The second kappa shape index (κ2) is 7.13. The second-order valence-electron chi connectivity index (χ2n) is 4.61. The Morgan fingerprint density at radius 3 is 2.78 bits per heavy atom. The average molecular weight is 248 g/mol. The first-order valence-electron chi connectivity index (χ1n) is 6.48. The van der Waals surface area contributed by atoms with Crippen molar-refractivity contribution >= 4 is 11.6 Å².